The lowest BCUT2D eigenvalue weighted by atomic mass is 9.78. The Hall–Kier alpha value is -1.39. The summed E-state index contributed by atoms with van der Waals surface area (Å²) in [4.78, 5) is 4.51. The Morgan fingerprint density at radius 1 is 1.38 bits per heavy atom. The highest BCUT2D eigenvalue weighted by atomic mass is 35.5. The number of nitrogens with two attached hydrogens (primary N) is 1. The van der Waals surface area contributed by atoms with Crippen LogP contribution in [0.2, 0.25) is 5.02 Å². The Balaban J connectivity index is 1.74. The van der Waals surface area contributed by atoms with Crippen molar-refractivity contribution in [2.75, 3.05) is 0 Å². The van der Waals surface area contributed by atoms with Crippen LogP contribution >= 0.6 is 11.6 Å². The van der Waals surface area contributed by atoms with Crippen molar-refractivity contribution in [1.29, 1.82) is 0 Å². The SMILES string of the molecule is CC1CCC(N)(c2nc(Cc3cccc(Cl)c3)no2)CC1. The molecule has 112 valence electrons. The van der Waals surface area contributed by atoms with E-state index in [0.29, 0.717) is 23.2 Å². The molecule has 1 aromatic heterocycles. The van der Waals surface area contributed by atoms with Crippen molar-refractivity contribution in [2.24, 2.45) is 11.7 Å². The van der Waals surface area contributed by atoms with Crippen LogP contribution in [0.25, 0.3) is 0 Å². The Labute approximate surface area is 129 Å². The molecule has 0 aliphatic heterocycles. The predicted molar refractivity (Wildman–Crippen MR) is 82.1 cm³/mol. The van der Waals surface area contributed by atoms with Crippen molar-refractivity contribution in [3.8, 4) is 0 Å². The first-order chi connectivity index (χ1) is 10.0. The summed E-state index contributed by atoms with van der Waals surface area (Å²) in [5.41, 5.74) is 7.07. The molecule has 0 bridgehead atoms. The van der Waals surface area contributed by atoms with Crippen molar-refractivity contribution in [3.63, 3.8) is 0 Å². The maximum atomic E-state index is 6.46. The topological polar surface area (TPSA) is 64.9 Å². The van der Waals surface area contributed by atoms with Gasteiger partial charge in [0.05, 0.1) is 5.54 Å². The second-order valence-corrected chi connectivity index (χ2v) is 6.60. The van der Waals surface area contributed by atoms with E-state index in [-0.39, 0.29) is 0 Å². The lowest BCUT2D eigenvalue weighted by Crippen LogP contribution is -2.40. The molecule has 4 nitrogen and oxygen atoms in total. The van der Waals surface area contributed by atoms with Crippen LogP contribution in [0.3, 0.4) is 0 Å². The number of benzene rings is 1. The van der Waals surface area contributed by atoms with E-state index in [0.717, 1.165) is 37.2 Å². The third-order valence-electron chi connectivity index (χ3n) is 4.31. The van der Waals surface area contributed by atoms with Gasteiger partial charge in [0.15, 0.2) is 5.82 Å². The van der Waals surface area contributed by atoms with Crippen molar-refractivity contribution in [2.45, 2.75) is 44.6 Å². The van der Waals surface area contributed by atoms with E-state index in [9.17, 15) is 0 Å². The summed E-state index contributed by atoms with van der Waals surface area (Å²) >= 11 is 5.99. The second-order valence-electron chi connectivity index (χ2n) is 6.16. The van der Waals surface area contributed by atoms with Gasteiger partial charge in [-0.1, -0.05) is 35.8 Å². The summed E-state index contributed by atoms with van der Waals surface area (Å²) in [6, 6.07) is 7.69. The first-order valence-corrected chi connectivity index (χ1v) is 7.79. The van der Waals surface area contributed by atoms with E-state index in [1.165, 1.54) is 0 Å². The molecule has 0 unspecified atom stereocenters. The molecule has 1 aliphatic carbocycles. The maximum absolute atomic E-state index is 6.46. The molecular weight excluding hydrogens is 286 g/mol. The fraction of sp³-hybridized carbons (Fsp3) is 0.500. The molecule has 0 radical (unpaired) electrons. The molecule has 2 aromatic rings. The average Bonchev–Trinajstić information content (AvgIpc) is 2.92. The molecule has 0 spiro atoms. The molecule has 0 amide bonds. The third-order valence-corrected chi connectivity index (χ3v) is 4.55. The summed E-state index contributed by atoms with van der Waals surface area (Å²) in [5, 5.41) is 4.79. The van der Waals surface area contributed by atoms with Gasteiger partial charge in [-0.05, 0) is 49.3 Å². The van der Waals surface area contributed by atoms with E-state index in [1.807, 2.05) is 24.3 Å². The Morgan fingerprint density at radius 2 is 2.14 bits per heavy atom. The molecule has 1 fully saturated rings. The van der Waals surface area contributed by atoms with E-state index in [2.05, 4.69) is 17.1 Å². The van der Waals surface area contributed by atoms with Crippen LogP contribution in [0.4, 0.5) is 0 Å². The van der Waals surface area contributed by atoms with E-state index < -0.39 is 5.54 Å². The van der Waals surface area contributed by atoms with Crippen molar-refractivity contribution < 1.29 is 4.52 Å². The lowest BCUT2D eigenvalue weighted by molar-refractivity contribution is 0.190. The van der Waals surface area contributed by atoms with Gasteiger partial charge in [-0.25, -0.2) is 0 Å². The van der Waals surface area contributed by atoms with Gasteiger partial charge in [-0.3, -0.25) is 0 Å². The molecule has 3 rings (SSSR count). The van der Waals surface area contributed by atoms with Crippen LogP contribution in [-0.4, -0.2) is 10.1 Å². The van der Waals surface area contributed by atoms with Crippen molar-refractivity contribution >= 4 is 11.6 Å². The predicted octanol–water partition coefficient (Wildman–Crippen LogP) is 3.68. The van der Waals surface area contributed by atoms with Crippen LogP contribution in [-0.2, 0) is 12.0 Å². The summed E-state index contributed by atoms with van der Waals surface area (Å²) in [5.74, 6) is 1.97. The van der Waals surface area contributed by atoms with Gasteiger partial charge in [-0.2, -0.15) is 4.98 Å². The molecule has 0 atom stereocenters. The van der Waals surface area contributed by atoms with E-state index >= 15 is 0 Å². The zero-order valence-corrected chi connectivity index (χ0v) is 12.9. The molecule has 2 N–H and O–H groups in total. The highest BCUT2D eigenvalue weighted by Gasteiger charge is 2.37. The number of halogens is 1. The zero-order chi connectivity index (χ0) is 14.9. The molecule has 1 heterocycles. The number of hydrogen-bond acceptors (Lipinski definition) is 4. The zero-order valence-electron chi connectivity index (χ0n) is 12.2. The van der Waals surface area contributed by atoms with Crippen LogP contribution in [0.5, 0.6) is 0 Å². The second kappa shape index (κ2) is 5.78. The van der Waals surface area contributed by atoms with Gasteiger partial charge in [-0.15, -0.1) is 0 Å². The van der Waals surface area contributed by atoms with Gasteiger partial charge in [0.1, 0.15) is 0 Å². The van der Waals surface area contributed by atoms with E-state index in [4.69, 9.17) is 21.9 Å². The summed E-state index contributed by atoms with van der Waals surface area (Å²) in [6.45, 7) is 2.26. The molecule has 1 aliphatic rings. The van der Waals surface area contributed by atoms with Crippen LogP contribution in [0.15, 0.2) is 28.8 Å². The average molecular weight is 306 g/mol. The molecule has 0 saturated heterocycles. The van der Waals surface area contributed by atoms with Crippen LogP contribution in [0.1, 0.15) is 49.9 Å². The minimum Gasteiger partial charge on any atom is -0.337 e. The van der Waals surface area contributed by atoms with Gasteiger partial charge in [0.25, 0.3) is 0 Å². The molecule has 21 heavy (non-hydrogen) atoms. The van der Waals surface area contributed by atoms with Crippen molar-refractivity contribution in [3.05, 3.63) is 46.6 Å². The highest BCUT2D eigenvalue weighted by molar-refractivity contribution is 6.30. The lowest BCUT2D eigenvalue weighted by Gasteiger charge is -2.32. The molecule has 1 aromatic carbocycles. The van der Waals surface area contributed by atoms with Gasteiger partial charge >= 0.3 is 0 Å². The van der Waals surface area contributed by atoms with Crippen LogP contribution in [0, 0.1) is 5.92 Å². The minimum absolute atomic E-state index is 0.452. The number of aromatic nitrogens is 2. The fourth-order valence-corrected chi connectivity index (χ4v) is 3.06. The highest BCUT2D eigenvalue weighted by Crippen LogP contribution is 2.36. The Morgan fingerprint density at radius 3 is 2.86 bits per heavy atom. The van der Waals surface area contributed by atoms with E-state index in [1.54, 1.807) is 0 Å². The summed E-state index contributed by atoms with van der Waals surface area (Å²) in [6.07, 6.45) is 4.65. The minimum atomic E-state index is -0.452. The molecular formula is C16H20ClN3O. The number of nitrogens with zero attached hydrogens (tertiary/aromatic N) is 2. The summed E-state index contributed by atoms with van der Waals surface area (Å²) in [7, 11) is 0. The quantitative estimate of drug-likeness (QED) is 0.939. The van der Waals surface area contributed by atoms with Crippen molar-refractivity contribution in [1.82, 2.24) is 10.1 Å². The normalized spacial score (nSPS) is 26.0. The number of rotatable bonds is 3. The Kier molecular flexibility index (Phi) is 4.00. The van der Waals surface area contributed by atoms with Gasteiger partial charge < -0.3 is 10.3 Å². The smallest absolute Gasteiger partial charge is 0.246 e. The monoisotopic (exact) mass is 305 g/mol. The Bertz CT molecular complexity index is 617. The number of hydrogen-bond donors (Lipinski definition) is 1. The third kappa shape index (κ3) is 3.27. The molecule has 1 saturated carbocycles. The van der Waals surface area contributed by atoms with Gasteiger partial charge in [0.2, 0.25) is 5.89 Å². The fourth-order valence-electron chi connectivity index (χ4n) is 2.85. The van der Waals surface area contributed by atoms with Gasteiger partial charge in [0, 0.05) is 11.4 Å². The first kappa shape index (κ1) is 14.5. The maximum Gasteiger partial charge on any atom is 0.246 e. The standard InChI is InChI=1S/C16H20ClN3O/c1-11-5-7-16(18,8-6-11)15-19-14(20-21-15)10-12-3-2-4-13(17)9-12/h2-4,9,11H,5-8,10,18H2,1H3. The van der Waals surface area contributed by atoms with Crippen LogP contribution < -0.4 is 5.73 Å². The largest absolute Gasteiger partial charge is 0.337 e. The molecule has 5 heteroatoms. The summed E-state index contributed by atoms with van der Waals surface area (Å²) < 4.78 is 5.43. The first-order valence-electron chi connectivity index (χ1n) is 7.41.